The highest BCUT2D eigenvalue weighted by Crippen LogP contribution is 2.49. The Kier molecular flexibility index (Phi) is 7.21. The summed E-state index contributed by atoms with van der Waals surface area (Å²) in [7, 11) is 3.16. The van der Waals surface area contributed by atoms with Crippen molar-refractivity contribution in [3.63, 3.8) is 0 Å². The van der Waals surface area contributed by atoms with Gasteiger partial charge in [0.2, 0.25) is 0 Å². The molecular weight excluding hydrogens is 494 g/mol. The predicted molar refractivity (Wildman–Crippen MR) is 148 cm³/mol. The van der Waals surface area contributed by atoms with Crippen LogP contribution < -0.4 is 5.32 Å². The Morgan fingerprint density at radius 1 is 1.03 bits per heavy atom. The zero-order valence-corrected chi connectivity index (χ0v) is 22.2. The molecule has 1 saturated carbocycles. The molecule has 5 rings (SSSR count). The van der Waals surface area contributed by atoms with E-state index in [9.17, 15) is 14.7 Å². The van der Waals surface area contributed by atoms with E-state index in [1.807, 2.05) is 79.7 Å². The third kappa shape index (κ3) is 5.15. The Bertz CT molecular complexity index is 1490. The van der Waals surface area contributed by atoms with Crippen LogP contribution in [0.25, 0.3) is 22.3 Å². The van der Waals surface area contributed by atoms with E-state index in [1.54, 1.807) is 17.9 Å². The molecule has 8 heteroatoms. The topological polar surface area (TPSA) is 103 Å². The molecule has 1 unspecified atom stereocenters. The van der Waals surface area contributed by atoms with Gasteiger partial charge in [-0.15, -0.1) is 0 Å². The van der Waals surface area contributed by atoms with Crippen LogP contribution in [-0.2, 0) is 33.3 Å². The molecule has 4 aromatic rings. The van der Waals surface area contributed by atoms with E-state index in [0.717, 1.165) is 46.2 Å². The van der Waals surface area contributed by atoms with Gasteiger partial charge in [0, 0.05) is 12.6 Å². The second-order valence-corrected chi connectivity index (χ2v) is 9.79. The molecule has 0 bridgehead atoms. The number of aliphatic hydroxyl groups is 1. The lowest BCUT2D eigenvalue weighted by Crippen LogP contribution is -2.21. The summed E-state index contributed by atoms with van der Waals surface area (Å²) in [6, 6.07) is 23.1. The Hall–Kier alpha value is -4.43. The van der Waals surface area contributed by atoms with Crippen molar-refractivity contribution in [1.82, 2.24) is 9.78 Å². The molecule has 1 aliphatic rings. The minimum atomic E-state index is -0.587. The number of hydrogen-bond donors (Lipinski definition) is 2. The first-order valence-electron chi connectivity index (χ1n) is 12.8. The van der Waals surface area contributed by atoms with E-state index >= 15 is 0 Å². The third-order valence-corrected chi connectivity index (χ3v) is 7.37. The van der Waals surface area contributed by atoms with Crippen LogP contribution in [0.3, 0.4) is 0 Å². The number of carbonyl (C=O) groups is 2. The molecular formula is C31H31N3O5. The zero-order chi connectivity index (χ0) is 27.6. The largest absolute Gasteiger partial charge is 0.468 e. The fourth-order valence-corrected chi connectivity index (χ4v) is 4.95. The molecule has 1 heterocycles. The van der Waals surface area contributed by atoms with Crippen LogP contribution in [-0.4, -0.2) is 34.1 Å². The number of nitrogens with one attached hydrogen (secondary N) is 1. The SMILES string of the molecule is COC(=O)C1(c2ccc(-c3ccc(-c4cnn(C)c4NC(=O)OC(C)c4ccccc4)cc3CO)cc2)CC1. The number of aliphatic hydroxyl groups excluding tert-OH is 1. The summed E-state index contributed by atoms with van der Waals surface area (Å²) in [5, 5.41) is 17.4. The van der Waals surface area contributed by atoms with Crippen LogP contribution in [0.15, 0.2) is 79.0 Å². The second kappa shape index (κ2) is 10.7. The summed E-state index contributed by atoms with van der Waals surface area (Å²) in [6.07, 6.45) is 2.24. The predicted octanol–water partition coefficient (Wildman–Crippen LogP) is 5.76. The molecule has 1 atom stereocenters. The van der Waals surface area contributed by atoms with Crippen LogP contribution in [0.5, 0.6) is 0 Å². The smallest absolute Gasteiger partial charge is 0.413 e. The van der Waals surface area contributed by atoms with Gasteiger partial charge in [0.15, 0.2) is 0 Å². The zero-order valence-electron chi connectivity index (χ0n) is 22.2. The van der Waals surface area contributed by atoms with E-state index in [2.05, 4.69) is 10.4 Å². The molecule has 0 spiro atoms. The maximum absolute atomic E-state index is 12.7. The van der Waals surface area contributed by atoms with E-state index in [0.29, 0.717) is 11.4 Å². The Balaban J connectivity index is 1.37. The number of benzene rings is 3. The third-order valence-electron chi connectivity index (χ3n) is 7.37. The van der Waals surface area contributed by atoms with Crippen molar-refractivity contribution in [2.45, 2.75) is 37.9 Å². The first kappa shape index (κ1) is 26.2. The average molecular weight is 526 g/mol. The van der Waals surface area contributed by atoms with E-state index in [4.69, 9.17) is 9.47 Å². The van der Waals surface area contributed by atoms with Crippen LogP contribution in [0.4, 0.5) is 10.6 Å². The summed E-state index contributed by atoms with van der Waals surface area (Å²) >= 11 is 0. The van der Waals surface area contributed by atoms with Crippen molar-refractivity contribution >= 4 is 17.9 Å². The molecule has 3 aromatic carbocycles. The van der Waals surface area contributed by atoms with Gasteiger partial charge in [-0.2, -0.15) is 5.10 Å². The van der Waals surface area contributed by atoms with Crippen LogP contribution in [0.1, 0.15) is 42.6 Å². The summed E-state index contributed by atoms with van der Waals surface area (Å²) in [6.45, 7) is 1.65. The van der Waals surface area contributed by atoms with Crippen molar-refractivity contribution in [3.8, 4) is 22.3 Å². The van der Waals surface area contributed by atoms with E-state index in [1.165, 1.54) is 7.11 Å². The van der Waals surface area contributed by atoms with Crippen molar-refractivity contribution in [1.29, 1.82) is 0 Å². The van der Waals surface area contributed by atoms with Gasteiger partial charge in [-0.1, -0.05) is 66.7 Å². The van der Waals surface area contributed by atoms with Gasteiger partial charge in [-0.25, -0.2) is 4.79 Å². The number of rotatable bonds is 8. The molecule has 1 amide bonds. The molecule has 8 nitrogen and oxygen atoms in total. The highest BCUT2D eigenvalue weighted by atomic mass is 16.6. The number of amides is 1. The monoisotopic (exact) mass is 525 g/mol. The lowest BCUT2D eigenvalue weighted by Gasteiger charge is -2.16. The highest BCUT2D eigenvalue weighted by molar-refractivity contribution is 5.90. The van der Waals surface area contributed by atoms with Crippen LogP contribution in [0, 0.1) is 0 Å². The highest BCUT2D eigenvalue weighted by Gasteiger charge is 2.52. The maximum atomic E-state index is 12.7. The number of nitrogens with zero attached hydrogens (tertiary/aromatic N) is 2. The van der Waals surface area contributed by atoms with Crippen molar-refractivity contribution in [2.24, 2.45) is 7.05 Å². The van der Waals surface area contributed by atoms with Gasteiger partial charge in [0.05, 0.1) is 25.3 Å². The molecule has 1 aromatic heterocycles. The maximum Gasteiger partial charge on any atom is 0.413 e. The number of anilines is 1. The Morgan fingerprint density at radius 2 is 1.72 bits per heavy atom. The van der Waals surface area contributed by atoms with Crippen molar-refractivity contribution in [2.75, 3.05) is 12.4 Å². The van der Waals surface area contributed by atoms with Gasteiger partial charge in [0.25, 0.3) is 0 Å². The second-order valence-electron chi connectivity index (χ2n) is 9.79. The van der Waals surface area contributed by atoms with Crippen molar-refractivity contribution in [3.05, 3.63) is 95.7 Å². The number of ether oxygens (including phenoxy) is 2. The molecule has 2 N–H and O–H groups in total. The average Bonchev–Trinajstić information content (AvgIpc) is 3.71. The standard InChI is InChI=1S/C31H31N3O5/c1-20(21-7-5-4-6-8-21)39-30(37)33-28-27(18-32-34(28)2)23-11-14-26(24(17-23)19-35)22-9-12-25(13-10-22)31(15-16-31)29(36)38-3/h4-14,17-18,20,35H,15-16,19H2,1-3H3,(H,33,37). The Labute approximate surface area is 227 Å². The summed E-state index contributed by atoms with van der Waals surface area (Å²) in [5.41, 5.74) is 5.34. The fraction of sp³-hybridized carbons (Fsp3) is 0.258. The lowest BCUT2D eigenvalue weighted by atomic mass is 9.91. The number of methoxy groups -OCH3 is 1. The minimum Gasteiger partial charge on any atom is -0.468 e. The quantitative estimate of drug-likeness (QED) is 0.284. The molecule has 0 saturated heterocycles. The first-order valence-corrected chi connectivity index (χ1v) is 12.8. The van der Waals surface area contributed by atoms with Crippen LogP contribution in [0.2, 0.25) is 0 Å². The molecule has 0 aliphatic heterocycles. The van der Waals surface area contributed by atoms with Gasteiger partial charge < -0.3 is 14.6 Å². The van der Waals surface area contributed by atoms with Crippen LogP contribution >= 0.6 is 0 Å². The number of esters is 1. The van der Waals surface area contributed by atoms with Gasteiger partial charge in [-0.3, -0.25) is 14.8 Å². The number of hydrogen-bond acceptors (Lipinski definition) is 6. The Morgan fingerprint density at radius 3 is 2.36 bits per heavy atom. The molecule has 200 valence electrons. The minimum absolute atomic E-state index is 0.170. The van der Waals surface area contributed by atoms with Crippen molar-refractivity contribution < 1.29 is 24.2 Å². The fourth-order valence-electron chi connectivity index (χ4n) is 4.95. The van der Waals surface area contributed by atoms with E-state index in [-0.39, 0.29) is 12.6 Å². The number of carbonyl (C=O) groups excluding carboxylic acids is 2. The number of aromatic nitrogens is 2. The van der Waals surface area contributed by atoms with Gasteiger partial charge in [-0.05, 0) is 59.2 Å². The molecule has 1 fully saturated rings. The first-order chi connectivity index (χ1) is 18.9. The van der Waals surface area contributed by atoms with E-state index < -0.39 is 17.6 Å². The van der Waals surface area contributed by atoms with Gasteiger partial charge in [0.1, 0.15) is 11.9 Å². The molecule has 39 heavy (non-hydrogen) atoms. The molecule has 0 radical (unpaired) electrons. The van der Waals surface area contributed by atoms with Gasteiger partial charge >= 0.3 is 12.1 Å². The summed E-state index contributed by atoms with van der Waals surface area (Å²) in [4.78, 5) is 25.0. The summed E-state index contributed by atoms with van der Waals surface area (Å²) < 4.78 is 12.2. The normalized spacial score (nSPS) is 14.4. The summed E-state index contributed by atoms with van der Waals surface area (Å²) in [5.74, 6) is 0.286. The molecule has 1 aliphatic carbocycles. The number of aryl methyl sites for hydroxylation is 1. The lowest BCUT2D eigenvalue weighted by molar-refractivity contribution is -0.143.